The number of carbonyl (C=O) groups excluding carboxylic acids is 2. The number of hydrogen-bond donors (Lipinski definition) is 4. The Morgan fingerprint density at radius 1 is 0.389 bits per heavy atom. The van der Waals surface area contributed by atoms with E-state index in [1.807, 2.05) is 84.9 Å². The molecule has 262 valence electrons. The molecule has 8 nitrogen and oxygen atoms in total. The van der Waals surface area contributed by atoms with E-state index >= 15 is 0 Å². The Hall–Kier alpha value is -7.32. The second-order valence-electron chi connectivity index (χ2n) is 13.0. The topological polar surface area (TPSA) is 116 Å². The molecule has 0 aliphatic heterocycles. The third-order valence-corrected chi connectivity index (χ3v) is 9.14. The van der Waals surface area contributed by atoms with E-state index < -0.39 is 0 Å². The maximum Gasteiger partial charge on any atom is 0.221 e. The van der Waals surface area contributed by atoms with Gasteiger partial charge in [0, 0.05) is 58.6 Å². The second kappa shape index (κ2) is 14.7. The molecule has 8 heteroatoms. The Bertz CT molecular complexity index is 2370. The van der Waals surface area contributed by atoms with Crippen LogP contribution in [0.3, 0.4) is 0 Å². The quantitative estimate of drug-likeness (QED) is 0.120. The SMILES string of the molecule is CC(=O)Nc1ccc(-c2nc(-c3ccc(-c4ccc(-c5[nH]c(-c6ccc(NC(C)=O)cc6)nc5-c5ccccc5)cc4)cc3)c(-c3ccccc3)[nH]2)cc1. The van der Waals surface area contributed by atoms with Gasteiger partial charge in [0.25, 0.3) is 0 Å². The highest BCUT2D eigenvalue weighted by Crippen LogP contribution is 2.37. The number of amides is 2. The number of aromatic nitrogens is 4. The summed E-state index contributed by atoms with van der Waals surface area (Å²) < 4.78 is 0. The Morgan fingerprint density at radius 3 is 1.11 bits per heavy atom. The van der Waals surface area contributed by atoms with Gasteiger partial charge >= 0.3 is 0 Å². The van der Waals surface area contributed by atoms with E-state index in [0.29, 0.717) is 0 Å². The molecule has 0 unspecified atom stereocenters. The summed E-state index contributed by atoms with van der Waals surface area (Å²) in [6, 6.07) is 52.7. The van der Waals surface area contributed by atoms with Gasteiger partial charge in [-0.05, 0) is 59.7 Å². The number of carbonyl (C=O) groups is 2. The molecular weight excluding hydrogens is 669 g/mol. The summed E-state index contributed by atoms with van der Waals surface area (Å²) in [5.74, 6) is 1.27. The van der Waals surface area contributed by atoms with Crippen molar-refractivity contribution in [3.05, 3.63) is 158 Å². The first-order valence-corrected chi connectivity index (χ1v) is 17.7. The van der Waals surface area contributed by atoms with Crippen LogP contribution in [0.5, 0.6) is 0 Å². The van der Waals surface area contributed by atoms with Crippen molar-refractivity contribution in [3.63, 3.8) is 0 Å². The minimum Gasteiger partial charge on any atom is -0.337 e. The lowest BCUT2D eigenvalue weighted by atomic mass is 9.98. The van der Waals surface area contributed by atoms with Crippen LogP contribution in [0.25, 0.3) is 78.9 Å². The van der Waals surface area contributed by atoms with Crippen molar-refractivity contribution in [2.45, 2.75) is 13.8 Å². The van der Waals surface area contributed by atoms with Gasteiger partial charge in [0.1, 0.15) is 11.6 Å². The van der Waals surface area contributed by atoms with Gasteiger partial charge in [-0.2, -0.15) is 0 Å². The van der Waals surface area contributed by atoms with Gasteiger partial charge in [0.2, 0.25) is 11.8 Å². The third-order valence-electron chi connectivity index (χ3n) is 9.14. The molecule has 4 N–H and O–H groups in total. The summed E-state index contributed by atoms with van der Waals surface area (Å²) in [7, 11) is 0. The van der Waals surface area contributed by atoms with E-state index in [-0.39, 0.29) is 11.8 Å². The normalized spacial score (nSPS) is 10.9. The van der Waals surface area contributed by atoms with Gasteiger partial charge in [-0.3, -0.25) is 9.59 Å². The molecule has 0 saturated heterocycles. The van der Waals surface area contributed by atoms with Crippen LogP contribution >= 0.6 is 0 Å². The zero-order valence-electron chi connectivity index (χ0n) is 29.7. The molecule has 8 aromatic rings. The van der Waals surface area contributed by atoms with Crippen LogP contribution in [0.1, 0.15) is 13.8 Å². The van der Waals surface area contributed by atoms with Crippen LogP contribution in [0.15, 0.2) is 158 Å². The molecule has 54 heavy (non-hydrogen) atoms. The lowest BCUT2D eigenvalue weighted by molar-refractivity contribution is -0.115. The number of rotatable bonds is 9. The highest BCUT2D eigenvalue weighted by molar-refractivity contribution is 5.90. The van der Waals surface area contributed by atoms with E-state index in [1.54, 1.807) is 0 Å². The molecule has 0 aliphatic carbocycles. The van der Waals surface area contributed by atoms with Crippen molar-refractivity contribution in [3.8, 4) is 78.9 Å². The number of nitrogens with one attached hydrogen (secondary N) is 4. The summed E-state index contributed by atoms with van der Waals surface area (Å²) in [5, 5.41) is 5.64. The summed E-state index contributed by atoms with van der Waals surface area (Å²) in [4.78, 5) is 40.3. The zero-order valence-corrected chi connectivity index (χ0v) is 29.7. The van der Waals surface area contributed by atoms with Crippen molar-refractivity contribution < 1.29 is 9.59 Å². The standard InChI is InChI=1S/C46H36N6O2/c1-29(53)47-39-25-21-37(22-26-39)45-49-41(33-9-5-3-6-10-33)43(51-45)35-17-13-31(14-18-35)32-15-19-36(20-16-32)44-42(34-11-7-4-8-12-34)50-46(52-44)38-23-27-40(28-24-38)48-30(2)54/h3-28H,1-2H3,(H,47,53)(H,48,54)(H,49,51)(H,50,52). The maximum absolute atomic E-state index is 11.5. The number of H-pyrrole nitrogens is 2. The monoisotopic (exact) mass is 704 g/mol. The number of benzene rings is 6. The second-order valence-corrected chi connectivity index (χ2v) is 13.0. The Kier molecular flexibility index (Phi) is 9.22. The van der Waals surface area contributed by atoms with Crippen LogP contribution in [-0.4, -0.2) is 31.8 Å². The smallest absolute Gasteiger partial charge is 0.221 e. The van der Waals surface area contributed by atoms with E-state index in [2.05, 4.69) is 93.4 Å². The Morgan fingerprint density at radius 2 is 0.704 bits per heavy atom. The summed E-state index contributed by atoms with van der Waals surface area (Å²) in [6.07, 6.45) is 0. The van der Waals surface area contributed by atoms with Gasteiger partial charge in [0.05, 0.1) is 22.8 Å². The molecule has 6 aromatic carbocycles. The molecule has 0 saturated carbocycles. The molecule has 2 heterocycles. The van der Waals surface area contributed by atoms with E-state index in [4.69, 9.17) is 9.97 Å². The fraction of sp³-hybridized carbons (Fsp3) is 0.0435. The fourth-order valence-electron chi connectivity index (χ4n) is 6.54. The van der Waals surface area contributed by atoms with Crippen LogP contribution in [0, 0.1) is 0 Å². The molecule has 0 fully saturated rings. The first kappa shape index (κ1) is 33.8. The van der Waals surface area contributed by atoms with E-state index in [0.717, 1.165) is 90.3 Å². The van der Waals surface area contributed by atoms with Gasteiger partial charge in [-0.25, -0.2) is 9.97 Å². The average molecular weight is 705 g/mol. The van der Waals surface area contributed by atoms with E-state index in [1.165, 1.54) is 13.8 Å². The number of hydrogen-bond acceptors (Lipinski definition) is 4. The van der Waals surface area contributed by atoms with Gasteiger partial charge in [0.15, 0.2) is 0 Å². The van der Waals surface area contributed by atoms with Crippen molar-refractivity contribution in [2.24, 2.45) is 0 Å². The molecule has 0 bridgehead atoms. The third kappa shape index (κ3) is 7.22. The number of nitrogens with zero attached hydrogens (tertiary/aromatic N) is 2. The lowest BCUT2D eigenvalue weighted by Crippen LogP contribution is -2.05. The van der Waals surface area contributed by atoms with Crippen molar-refractivity contribution in [1.82, 2.24) is 19.9 Å². The van der Waals surface area contributed by atoms with Crippen molar-refractivity contribution in [2.75, 3.05) is 10.6 Å². The minimum atomic E-state index is -0.109. The van der Waals surface area contributed by atoms with Crippen molar-refractivity contribution >= 4 is 23.2 Å². The number of anilines is 2. The van der Waals surface area contributed by atoms with E-state index in [9.17, 15) is 9.59 Å². The molecule has 2 amide bonds. The molecule has 2 aromatic heterocycles. The summed E-state index contributed by atoms with van der Waals surface area (Å²) >= 11 is 0. The van der Waals surface area contributed by atoms with Gasteiger partial charge in [-0.1, -0.05) is 109 Å². The molecule has 0 aliphatic rings. The Labute approximate surface area is 313 Å². The Balaban J connectivity index is 1.09. The van der Waals surface area contributed by atoms with Gasteiger partial charge in [-0.15, -0.1) is 0 Å². The lowest BCUT2D eigenvalue weighted by Gasteiger charge is -2.08. The highest BCUT2D eigenvalue weighted by Gasteiger charge is 2.18. The van der Waals surface area contributed by atoms with Crippen LogP contribution in [0.4, 0.5) is 11.4 Å². The first-order chi connectivity index (χ1) is 26.4. The minimum absolute atomic E-state index is 0.109. The fourth-order valence-corrected chi connectivity index (χ4v) is 6.54. The van der Waals surface area contributed by atoms with Gasteiger partial charge < -0.3 is 20.6 Å². The highest BCUT2D eigenvalue weighted by atomic mass is 16.2. The summed E-state index contributed by atoms with van der Waals surface area (Å²) in [6.45, 7) is 2.99. The van der Waals surface area contributed by atoms with Crippen LogP contribution in [-0.2, 0) is 9.59 Å². The molecule has 0 atom stereocenters. The molecular formula is C46H36N6O2. The number of aromatic amines is 2. The first-order valence-electron chi connectivity index (χ1n) is 17.7. The zero-order chi connectivity index (χ0) is 37.0. The molecule has 0 spiro atoms. The predicted molar refractivity (Wildman–Crippen MR) is 217 cm³/mol. The molecule has 0 radical (unpaired) electrons. The average Bonchev–Trinajstić information content (AvgIpc) is 3.85. The van der Waals surface area contributed by atoms with Crippen molar-refractivity contribution in [1.29, 1.82) is 0 Å². The predicted octanol–water partition coefficient (Wildman–Crippen LogP) is 10.7. The van der Waals surface area contributed by atoms with Crippen LogP contribution < -0.4 is 10.6 Å². The maximum atomic E-state index is 11.5. The molecule has 8 rings (SSSR count). The summed E-state index contributed by atoms with van der Waals surface area (Å²) in [5.41, 5.74) is 13.1. The van der Waals surface area contributed by atoms with Crippen LogP contribution in [0.2, 0.25) is 0 Å². The number of imidazole rings is 2. The largest absolute Gasteiger partial charge is 0.337 e.